The number of fused-ring (bicyclic) bond motifs is 1. The van der Waals surface area contributed by atoms with E-state index >= 15 is 0 Å². The van der Waals surface area contributed by atoms with E-state index in [2.05, 4.69) is 58.9 Å². The first-order valence-corrected chi connectivity index (χ1v) is 16.6. The number of hydrogen-bond donors (Lipinski definition) is 1. The summed E-state index contributed by atoms with van der Waals surface area (Å²) in [7, 11) is 6.44. The lowest BCUT2D eigenvalue weighted by Gasteiger charge is -2.31. The highest BCUT2D eigenvalue weighted by molar-refractivity contribution is 5.95. The maximum absolute atomic E-state index is 14.3. The highest BCUT2D eigenvalue weighted by Gasteiger charge is 2.48. The lowest BCUT2D eigenvalue weighted by Crippen LogP contribution is -2.45. The Balaban J connectivity index is 1.43. The number of ether oxygens (including phenoxy) is 2. The van der Waals surface area contributed by atoms with Crippen LogP contribution in [0.5, 0.6) is 11.5 Å². The zero-order valence-electron chi connectivity index (χ0n) is 28.3. The van der Waals surface area contributed by atoms with Gasteiger partial charge in [0, 0.05) is 55.8 Å². The Bertz CT molecular complexity index is 1440. The van der Waals surface area contributed by atoms with E-state index in [1.807, 2.05) is 40.1 Å². The number of unbranched alkanes of at least 4 members (excludes halogenated alkanes) is 1. The number of carbonyl (C=O) groups is 3. The van der Waals surface area contributed by atoms with Crippen LogP contribution in [-0.2, 0) is 20.9 Å². The van der Waals surface area contributed by atoms with E-state index in [1.165, 1.54) is 0 Å². The van der Waals surface area contributed by atoms with E-state index in [-0.39, 0.29) is 36.5 Å². The second kappa shape index (κ2) is 13.6. The third-order valence-electron chi connectivity index (χ3n) is 9.41. The minimum atomic E-state index is -0.897. The summed E-state index contributed by atoms with van der Waals surface area (Å²) in [6.07, 6.45) is 2.77. The lowest BCUT2D eigenvalue weighted by atomic mass is 9.84. The van der Waals surface area contributed by atoms with E-state index in [4.69, 9.17) is 9.47 Å². The van der Waals surface area contributed by atoms with Gasteiger partial charge >= 0.3 is 5.97 Å². The highest BCUT2D eigenvalue weighted by Crippen LogP contribution is 2.43. The number of aliphatic carboxylic acids is 1. The summed E-state index contributed by atoms with van der Waals surface area (Å²) >= 11 is 0. The zero-order chi connectivity index (χ0) is 33.2. The summed E-state index contributed by atoms with van der Waals surface area (Å²) in [5.74, 6) is -0.697. The summed E-state index contributed by atoms with van der Waals surface area (Å²) in [6, 6.07) is 13.4. The Morgan fingerprint density at radius 3 is 2.52 bits per heavy atom. The Labute approximate surface area is 273 Å². The maximum atomic E-state index is 14.3. The average Bonchev–Trinajstić information content (AvgIpc) is 3.65. The SMILES string of the molecule is CCCCN(C(=O)CN1C[C@H](c2ccc3c(c2)OCO3)[C@@H](C(=O)O)[C@@H]1CCN1CC(C)(C)CC1=O)c1cccc(C[N+](C)(C)C)c1. The summed E-state index contributed by atoms with van der Waals surface area (Å²) in [6.45, 7) is 9.46. The Kier molecular flexibility index (Phi) is 9.98. The number of hydrogen-bond acceptors (Lipinski definition) is 6. The molecule has 2 saturated heterocycles. The van der Waals surface area contributed by atoms with Crippen LogP contribution in [0, 0.1) is 11.3 Å². The second-order valence-corrected chi connectivity index (χ2v) is 15.0. The normalized spacial score (nSPS) is 22.4. The number of amides is 2. The molecule has 0 unspecified atom stereocenters. The van der Waals surface area contributed by atoms with Gasteiger partial charge in [0.15, 0.2) is 11.5 Å². The van der Waals surface area contributed by atoms with Crippen molar-refractivity contribution in [3.05, 3.63) is 53.6 Å². The van der Waals surface area contributed by atoms with Gasteiger partial charge in [-0.25, -0.2) is 0 Å². The van der Waals surface area contributed by atoms with E-state index in [9.17, 15) is 19.5 Å². The van der Waals surface area contributed by atoms with Gasteiger partial charge in [0.1, 0.15) is 6.54 Å². The van der Waals surface area contributed by atoms with Crippen molar-refractivity contribution in [3.63, 3.8) is 0 Å². The minimum Gasteiger partial charge on any atom is -0.481 e. The zero-order valence-corrected chi connectivity index (χ0v) is 28.3. The Morgan fingerprint density at radius 2 is 1.85 bits per heavy atom. The first-order valence-electron chi connectivity index (χ1n) is 16.6. The number of quaternary nitrogens is 1. The van der Waals surface area contributed by atoms with E-state index in [1.54, 1.807) is 0 Å². The van der Waals surface area contributed by atoms with Crippen LogP contribution in [0.3, 0.4) is 0 Å². The van der Waals surface area contributed by atoms with E-state index < -0.39 is 17.9 Å². The molecule has 2 amide bonds. The van der Waals surface area contributed by atoms with Crippen molar-refractivity contribution in [2.45, 2.75) is 65.0 Å². The number of carboxylic acids is 1. The largest absolute Gasteiger partial charge is 0.481 e. The van der Waals surface area contributed by atoms with Gasteiger partial charge in [-0.1, -0.05) is 45.4 Å². The van der Waals surface area contributed by atoms with E-state index in [0.717, 1.165) is 40.7 Å². The summed E-state index contributed by atoms with van der Waals surface area (Å²) in [4.78, 5) is 45.9. The molecule has 0 aromatic heterocycles. The fraction of sp³-hybridized carbons (Fsp3) is 0.583. The lowest BCUT2D eigenvalue weighted by molar-refractivity contribution is -0.884. The first kappa shape index (κ1) is 33.7. The fourth-order valence-corrected chi connectivity index (χ4v) is 7.35. The molecular weight excluding hydrogens is 584 g/mol. The van der Waals surface area contributed by atoms with Crippen molar-refractivity contribution in [1.82, 2.24) is 9.80 Å². The standard InChI is InChI=1S/C36H50N4O6/c1-7-8-15-39(27-11-9-10-25(17-27)22-40(4,5)6)33(42)21-38-20-28(26-12-13-30-31(18-26)46-24-45-30)34(35(43)44)29(38)14-16-37-23-36(2,3)19-32(37)41/h9-13,17-18,28-29,34H,7-8,14-16,19-24H2,1-6H3/p+1/t28-,29+,34-/m1/s1. The Hall–Kier alpha value is -3.63. The summed E-state index contributed by atoms with van der Waals surface area (Å²) < 4.78 is 11.9. The molecule has 3 aliphatic rings. The van der Waals surface area contributed by atoms with Crippen LogP contribution in [0.1, 0.15) is 63.5 Å². The molecule has 3 heterocycles. The molecule has 2 aromatic carbocycles. The highest BCUT2D eigenvalue weighted by atomic mass is 16.7. The predicted molar refractivity (Wildman–Crippen MR) is 177 cm³/mol. The number of carboxylic acid groups (broad SMARTS) is 1. The van der Waals surface area contributed by atoms with Crippen molar-refractivity contribution < 1.29 is 33.4 Å². The third kappa shape index (κ3) is 7.83. The molecular formula is C36H51N4O6+. The van der Waals surface area contributed by atoms with Crippen LogP contribution < -0.4 is 14.4 Å². The number of likely N-dealkylation sites (tertiary alicyclic amines) is 2. The molecule has 46 heavy (non-hydrogen) atoms. The second-order valence-electron chi connectivity index (χ2n) is 15.0. The quantitative estimate of drug-likeness (QED) is 0.322. The van der Waals surface area contributed by atoms with Gasteiger partial charge in [-0.15, -0.1) is 0 Å². The molecule has 0 aliphatic carbocycles. The molecule has 3 atom stereocenters. The molecule has 2 aromatic rings. The topological polar surface area (TPSA) is 99.6 Å². The van der Waals surface area contributed by atoms with Gasteiger partial charge in [0.2, 0.25) is 18.6 Å². The number of benzene rings is 2. The number of rotatable bonds is 13. The molecule has 10 heteroatoms. The van der Waals surface area contributed by atoms with Crippen LogP contribution in [0.15, 0.2) is 42.5 Å². The van der Waals surface area contributed by atoms with Crippen LogP contribution in [0.4, 0.5) is 5.69 Å². The van der Waals surface area contributed by atoms with Crippen molar-refractivity contribution in [3.8, 4) is 11.5 Å². The summed E-state index contributed by atoms with van der Waals surface area (Å²) in [5, 5.41) is 10.7. The monoisotopic (exact) mass is 635 g/mol. The van der Waals surface area contributed by atoms with Gasteiger partial charge in [-0.05, 0) is 48.1 Å². The third-order valence-corrected chi connectivity index (χ3v) is 9.41. The van der Waals surface area contributed by atoms with Crippen molar-refractivity contribution >= 4 is 23.5 Å². The first-order chi connectivity index (χ1) is 21.7. The summed E-state index contributed by atoms with van der Waals surface area (Å²) in [5.41, 5.74) is 2.77. The van der Waals surface area contributed by atoms with Crippen molar-refractivity contribution in [2.24, 2.45) is 11.3 Å². The molecule has 5 rings (SSSR count). The fourth-order valence-electron chi connectivity index (χ4n) is 7.35. The van der Waals surface area contributed by atoms with Gasteiger partial charge in [-0.3, -0.25) is 19.3 Å². The molecule has 3 aliphatic heterocycles. The van der Waals surface area contributed by atoms with Crippen LogP contribution >= 0.6 is 0 Å². The minimum absolute atomic E-state index is 0.0466. The molecule has 0 radical (unpaired) electrons. The van der Waals surface area contributed by atoms with Crippen LogP contribution in [0.25, 0.3) is 0 Å². The molecule has 0 saturated carbocycles. The number of carbonyl (C=O) groups excluding carboxylic acids is 2. The van der Waals surface area contributed by atoms with Gasteiger partial charge in [0.05, 0.1) is 33.6 Å². The molecule has 10 nitrogen and oxygen atoms in total. The number of anilines is 1. The van der Waals surface area contributed by atoms with Crippen LogP contribution in [0.2, 0.25) is 0 Å². The van der Waals surface area contributed by atoms with Crippen molar-refractivity contribution in [2.75, 3.05) is 65.6 Å². The van der Waals surface area contributed by atoms with Crippen molar-refractivity contribution in [1.29, 1.82) is 0 Å². The molecule has 0 spiro atoms. The molecule has 2 fully saturated rings. The molecule has 0 bridgehead atoms. The number of nitrogens with zero attached hydrogens (tertiary/aromatic N) is 4. The maximum Gasteiger partial charge on any atom is 0.308 e. The van der Waals surface area contributed by atoms with Gasteiger partial charge in [0.25, 0.3) is 0 Å². The van der Waals surface area contributed by atoms with Crippen LogP contribution in [-0.4, -0.2) is 104 Å². The Morgan fingerprint density at radius 1 is 1.09 bits per heavy atom. The molecule has 250 valence electrons. The predicted octanol–water partition coefficient (Wildman–Crippen LogP) is 4.57. The van der Waals surface area contributed by atoms with Gasteiger partial charge in [-0.2, -0.15) is 0 Å². The average molecular weight is 636 g/mol. The molecule has 1 N–H and O–H groups in total. The van der Waals surface area contributed by atoms with Gasteiger partial charge < -0.3 is 28.9 Å². The smallest absolute Gasteiger partial charge is 0.308 e. The van der Waals surface area contributed by atoms with E-state index in [0.29, 0.717) is 50.5 Å².